The number of ether oxygens (including phenoxy) is 1. The van der Waals surface area contributed by atoms with Crippen LogP contribution in [0, 0.1) is 0 Å². The van der Waals surface area contributed by atoms with Crippen molar-refractivity contribution >= 4 is 17.7 Å². The number of aliphatic carboxylic acids is 1. The first-order valence-corrected chi connectivity index (χ1v) is 5.40. The van der Waals surface area contributed by atoms with E-state index in [1.54, 1.807) is 17.8 Å². The van der Waals surface area contributed by atoms with Crippen LogP contribution in [0.1, 0.15) is 13.3 Å². The summed E-state index contributed by atoms with van der Waals surface area (Å²) >= 11 is 1.76. The highest BCUT2D eigenvalue weighted by Crippen LogP contribution is 2.19. The summed E-state index contributed by atoms with van der Waals surface area (Å²) in [6.45, 7) is 3.48. The van der Waals surface area contributed by atoms with Crippen molar-refractivity contribution in [2.24, 2.45) is 0 Å². The Hall–Kier alpha value is -0.480. The molecule has 0 aliphatic carbocycles. The largest absolute Gasteiger partial charge is 0.478 e. The van der Waals surface area contributed by atoms with E-state index in [1.807, 2.05) is 6.92 Å². The molecule has 0 aromatic rings. The first kappa shape index (κ1) is 10.6. The zero-order valence-corrected chi connectivity index (χ0v) is 8.47. The van der Waals surface area contributed by atoms with Crippen molar-refractivity contribution in [2.45, 2.75) is 18.6 Å². The topological polar surface area (TPSA) is 46.5 Å². The van der Waals surface area contributed by atoms with Crippen LogP contribution in [-0.2, 0) is 9.53 Å². The second-order valence-corrected chi connectivity index (χ2v) is 4.21. The van der Waals surface area contributed by atoms with Crippen LogP contribution in [0.2, 0.25) is 0 Å². The van der Waals surface area contributed by atoms with E-state index in [0.717, 1.165) is 19.0 Å². The van der Waals surface area contributed by atoms with Crippen LogP contribution in [0.5, 0.6) is 0 Å². The zero-order chi connectivity index (χ0) is 9.68. The summed E-state index contributed by atoms with van der Waals surface area (Å²) < 4.78 is 5.01. The van der Waals surface area contributed by atoms with Gasteiger partial charge < -0.3 is 9.84 Å². The third-order valence-electron chi connectivity index (χ3n) is 1.92. The summed E-state index contributed by atoms with van der Waals surface area (Å²) in [6, 6.07) is 0. The lowest BCUT2D eigenvalue weighted by atomic mass is 10.2. The number of thioether (sulfide) groups is 1. The number of carboxylic acid groups (broad SMARTS) is 1. The molecule has 0 aromatic heterocycles. The normalized spacial score (nSPS) is 18.4. The third-order valence-corrected chi connectivity index (χ3v) is 3.03. The molecule has 1 fully saturated rings. The second kappa shape index (κ2) is 5.29. The minimum absolute atomic E-state index is 0.507. The highest BCUT2D eigenvalue weighted by atomic mass is 32.2. The van der Waals surface area contributed by atoms with Gasteiger partial charge in [-0.2, -0.15) is 0 Å². The highest BCUT2D eigenvalue weighted by molar-refractivity contribution is 8.00. The molecule has 0 aromatic carbocycles. The van der Waals surface area contributed by atoms with Crippen molar-refractivity contribution in [1.82, 2.24) is 0 Å². The van der Waals surface area contributed by atoms with E-state index in [0.29, 0.717) is 17.2 Å². The Balaban J connectivity index is 2.22. The molecule has 74 valence electrons. The van der Waals surface area contributed by atoms with Crippen molar-refractivity contribution < 1.29 is 14.6 Å². The lowest BCUT2D eigenvalue weighted by Gasteiger charge is -2.24. The van der Waals surface area contributed by atoms with E-state index in [2.05, 4.69) is 0 Å². The molecule has 1 N–H and O–H groups in total. The first-order valence-electron chi connectivity index (χ1n) is 4.35. The number of carboxylic acids is 1. The summed E-state index contributed by atoms with van der Waals surface area (Å²) in [4.78, 5) is 10.6. The van der Waals surface area contributed by atoms with Gasteiger partial charge in [-0.05, 0) is 6.42 Å². The molecule has 1 rings (SSSR count). The Bertz CT molecular complexity index is 209. The van der Waals surface area contributed by atoms with Crippen molar-refractivity contribution in [3.8, 4) is 0 Å². The van der Waals surface area contributed by atoms with Crippen LogP contribution in [0.4, 0.5) is 0 Å². The fraction of sp³-hybridized carbons (Fsp3) is 0.667. The van der Waals surface area contributed by atoms with Crippen LogP contribution >= 0.6 is 11.8 Å². The molecule has 13 heavy (non-hydrogen) atoms. The summed E-state index contributed by atoms with van der Waals surface area (Å²) in [5.41, 5.74) is 0.507. The molecule has 0 atom stereocenters. The lowest BCUT2D eigenvalue weighted by molar-refractivity contribution is -0.132. The lowest BCUT2D eigenvalue weighted by Crippen LogP contribution is -2.30. The molecule has 0 unspecified atom stereocenters. The maximum Gasteiger partial charge on any atom is 0.331 e. The summed E-state index contributed by atoms with van der Waals surface area (Å²) in [6.07, 6.45) is 2.39. The third kappa shape index (κ3) is 3.40. The van der Waals surface area contributed by atoms with Gasteiger partial charge in [-0.25, -0.2) is 4.79 Å². The molecule has 1 aliphatic rings. The van der Waals surface area contributed by atoms with Crippen molar-refractivity contribution in [2.75, 3.05) is 19.0 Å². The van der Waals surface area contributed by atoms with E-state index < -0.39 is 5.97 Å². The standard InChI is InChI=1S/C9H14O3S/c1-2-7(9(10)11)3-4-13-8-5-12-6-8/h3,8H,2,4-6H2,1H3,(H,10,11). The molecular formula is C9H14O3S. The Morgan fingerprint density at radius 2 is 2.38 bits per heavy atom. The molecule has 0 radical (unpaired) electrons. The maximum atomic E-state index is 10.6. The van der Waals surface area contributed by atoms with E-state index in [1.165, 1.54) is 0 Å². The predicted molar refractivity (Wildman–Crippen MR) is 53.1 cm³/mol. The van der Waals surface area contributed by atoms with Crippen molar-refractivity contribution in [1.29, 1.82) is 0 Å². The fourth-order valence-corrected chi connectivity index (χ4v) is 1.93. The number of hydrogen-bond donors (Lipinski definition) is 1. The Morgan fingerprint density at radius 3 is 2.77 bits per heavy atom. The van der Waals surface area contributed by atoms with Crippen LogP contribution in [-0.4, -0.2) is 35.3 Å². The van der Waals surface area contributed by atoms with Gasteiger partial charge in [0.2, 0.25) is 0 Å². The Labute approximate surface area is 82.2 Å². The zero-order valence-electron chi connectivity index (χ0n) is 7.66. The number of rotatable bonds is 5. The van der Waals surface area contributed by atoms with Crippen LogP contribution in [0.3, 0.4) is 0 Å². The van der Waals surface area contributed by atoms with E-state index in [4.69, 9.17) is 9.84 Å². The van der Waals surface area contributed by atoms with Gasteiger partial charge in [-0.3, -0.25) is 0 Å². The van der Waals surface area contributed by atoms with E-state index in [-0.39, 0.29) is 0 Å². The molecule has 1 heterocycles. The molecule has 0 saturated carbocycles. The monoisotopic (exact) mass is 202 g/mol. The van der Waals surface area contributed by atoms with Crippen LogP contribution < -0.4 is 0 Å². The predicted octanol–water partition coefficient (Wildman–Crippen LogP) is 1.54. The van der Waals surface area contributed by atoms with Gasteiger partial charge in [-0.1, -0.05) is 13.0 Å². The van der Waals surface area contributed by atoms with Gasteiger partial charge in [0, 0.05) is 11.3 Å². The Kier molecular flexibility index (Phi) is 4.32. The van der Waals surface area contributed by atoms with Gasteiger partial charge in [0.05, 0.1) is 18.5 Å². The minimum Gasteiger partial charge on any atom is -0.478 e. The van der Waals surface area contributed by atoms with Crippen molar-refractivity contribution in [3.05, 3.63) is 11.6 Å². The minimum atomic E-state index is -0.798. The molecule has 4 heteroatoms. The summed E-state index contributed by atoms with van der Waals surface area (Å²) in [5.74, 6) is -0.0169. The van der Waals surface area contributed by atoms with Gasteiger partial charge in [0.1, 0.15) is 0 Å². The quantitative estimate of drug-likeness (QED) is 0.687. The van der Waals surface area contributed by atoms with Crippen LogP contribution in [0.25, 0.3) is 0 Å². The van der Waals surface area contributed by atoms with Gasteiger partial charge >= 0.3 is 5.97 Å². The average Bonchev–Trinajstić information content (AvgIpc) is 2.00. The molecule has 1 saturated heterocycles. The maximum absolute atomic E-state index is 10.6. The molecule has 0 bridgehead atoms. The molecule has 0 spiro atoms. The highest BCUT2D eigenvalue weighted by Gasteiger charge is 2.17. The first-order chi connectivity index (χ1) is 6.24. The second-order valence-electron chi connectivity index (χ2n) is 2.88. The molecular weight excluding hydrogens is 188 g/mol. The molecule has 1 aliphatic heterocycles. The smallest absolute Gasteiger partial charge is 0.331 e. The Morgan fingerprint density at radius 1 is 1.69 bits per heavy atom. The number of carbonyl (C=O) groups is 1. The number of hydrogen-bond acceptors (Lipinski definition) is 3. The van der Waals surface area contributed by atoms with Crippen molar-refractivity contribution in [3.63, 3.8) is 0 Å². The van der Waals surface area contributed by atoms with Gasteiger partial charge in [0.25, 0.3) is 0 Å². The molecule has 3 nitrogen and oxygen atoms in total. The average molecular weight is 202 g/mol. The molecule has 0 amide bonds. The van der Waals surface area contributed by atoms with Gasteiger partial charge in [0.15, 0.2) is 0 Å². The summed E-state index contributed by atoms with van der Waals surface area (Å²) in [5, 5.41) is 9.28. The van der Waals surface area contributed by atoms with Gasteiger partial charge in [-0.15, -0.1) is 11.8 Å². The van der Waals surface area contributed by atoms with Crippen LogP contribution in [0.15, 0.2) is 11.6 Å². The summed E-state index contributed by atoms with van der Waals surface area (Å²) in [7, 11) is 0. The van der Waals surface area contributed by atoms with E-state index >= 15 is 0 Å². The SMILES string of the molecule is CCC(=CCSC1COC1)C(=O)O. The van der Waals surface area contributed by atoms with E-state index in [9.17, 15) is 4.79 Å². The fourth-order valence-electron chi connectivity index (χ4n) is 0.978.